The number of methoxy groups -OCH3 is 1. The lowest BCUT2D eigenvalue weighted by atomic mass is 10.1. The fourth-order valence-corrected chi connectivity index (χ4v) is 0.865. The molecule has 1 rings (SSSR count). The highest BCUT2D eigenvalue weighted by atomic mass is 19.1. The second kappa shape index (κ2) is 3.37. The van der Waals surface area contributed by atoms with Crippen LogP contribution in [0, 0.1) is 12.7 Å². The van der Waals surface area contributed by atoms with Crippen LogP contribution in [0.2, 0.25) is 0 Å². The number of benzene rings is 1. The number of halogens is 1. The van der Waals surface area contributed by atoms with Gasteiger partial charge in [-0.3, -0.25) is 0 Å². The van der Waals surface area contributed by atoms with E-state index in [2.05, 4.69) is 6.92 Å². The topological polar surface area (TPSA) is 9.23 Å². The zero-order chi connectivity index (χ0) is 8.27. The Morgan fingerprint density at radius 1 is 1.55 bits per heavy atom. The van der Waals surface area contributed by atoms with Crippen LogP contribution in [0.3, 0.4) is 0 Å². The molecule has 0 fully saturated rings. The molecule has 1 aromatic carbocycles. The summed E-state index contributed by atoms with van der Waals surface area (Å²) in [5, 5.41) is 0. The SMILES string of the molecule is [CH2]Cc1ccc(OC)c(F)c1. The van der Waals surface area contributed by atoms with Crippen LogP contribution in [0.25, 0.3) is 0 Å². The van der Waals surface area contributed by atoms with Gasteiger partial charge in [-0.15, -0.1) is 0 Å². The Hall–Kier alpha value is -1.05. The molecule has 0 aromatic heterocycles. The van der Waals surface area contributed by atoms with Crippen molar-refractivity contribution < 1.29 is 9.13 Å². The van der Waals surface area contributed by atoms with Crippen molar-refractivity contribution in [3.63, 3.8) is 0 Å². The molecule has 0 unspecified atom stereocenters. The maximum Gasteiger partial charge on any atom is 0.165 e. The van der Waals surface area contributed by atoms with Crippen LogP contribution < -0.4 is 4.74 Å². The second-order valence-corrected chi connectivity index (χ2v) is 2.22. The standard InChI is InChI=1S/C9H10FO/c1-3-7-4-5-9(11-2)8(10)6-7/h4-6H,1,3H2,2H3. The molecule has 0 aliphatic heterocycles. The van der Waals surface area contributed by atoms with E-state index in [0.29, 0.717) is 6.42 Å². The van der Waals surface area contributed by atoms with E-state index in [1.54, 1.807) is 12.1 Å². The summed E-state index contributed by atoms with van der Waals surface area (Å²) in [6.07, 6.45) is 0.598. The minimum absolute atomic E-state index is 0.280. The van der Waals surface area contributed by atoms with Gasteiger partial charge in [0.05, 0.1) is 7.11 Å². The van der Waals surface area contributed by atoms with Crippen LogP contribution in [0.4, 0.5) is 4.39 Å². The fourth-order valence-electron chi connectivity index (χ4n) is 0.865. The molecule has 0 N–H and O–H groups in total. The maximum absolute atomic E-state index is 12.9. The van der Waals surface area contributed by atoms with Crippen LogP contribution in [0.1, 0.15) is 5.56 Å². The molecular weight excluding hydrogens is 143 g/mol. The van der Waals surface area contributed by atoms with Gasteiger partial charge in [-0.25, -0.2) is 4.39 Å². The molecule has 2 heteroatoms. The second-order valence-electron chi connectivity index (χ2n) is 2.22. The van der Waals surface area contributed by atoms with Crippen LogP contribution in [-0.4, -0.2) is 7.11 Å². The fraction of sp³-hybridized carbons (Fsp3) is 0.222. The van der Waals surface area contributed by atoms with Crippen LogP contribution in [0.15, 0.2) is 18.2 Å². The third-order valence-corrected chi connectivity index (χ3v) is 1.50. The quantitative estimate of drug-likeness (QED) is 0.633. The molecule has 0 heterocycles. The summed E-state index contributed by atoms with van der Waals surface area (Å²) in [7, 11) is 1.45. The summed E-state index contributed by atoms with van der Waals surface area (Å²) >= 11 is 0. The molecule has 0 aliphatic carbocycles. The number of hydrogen-bond donors (Lipinski definition) is 0. The highest BCUT2D eigenvalue weighted by Crippen LogP contribution is 2.17. The van der Waals surface area contributed by atoms with Crippen molar-refractivity contribution >= 4 is 0 Å². The lowest BCUT2D eigenvalue weighted by Crippen LogP contribution is -1.89. The average Bonchev–Trinajstić information content (AvgIpc) is 2.04. The van der Waals surface area contributed by atoms with Gasteiger partial charge in [0.2, 0.25) is 0 Å². The van der Waals surface area contributed by atoms with Crippen molar-refractivity contribution in [1.29, 1.82) is 0 Å². The summed E-state index contributed by atoms with van der Waals surface area (Å²) in [5.74, 6) is -0.0455. The summed E-state index contributed by atoms with van der Waals surface area (Å²) in [6, 6.07) is 4.84. The van der Waals surface area contributed by atoms with Gasteiger partial charge >= 0.3 is 0 Å². The zero-order valence-corrected chi connectivity index (χ0v) is 6.43. The molecule has 1 aromatic rings. The predicted octanol–water partition coefficient (Wildman–Crippen LogP) is 2.21. The van der Waals surface area contributed by atoms with Crippen LogP contribution in [-0.2, 0) is 6.42 Å². The largest absolute Gasteiger partial charge is 0.494 e. The maximum atomic E-state index is 12.9. The van der Waals surface area contributed by atoms with E-state index in [9.17, 15) is 4.39 Å². The average molecular weight is 153 g/mol. The van der Waals surface area contributed by atoms with E-state index in [1.807, 2.05) is 0 Å². The Bertz CT molecular complexity index is 245. The summed E-state index contributed by atoms with van der Waals surface area (Å²) in [5.41, 5.74) is 0.878. The third kappa shape index (κ3) is 1.70. The first kappa shape index (κ1) is 8.05. The summed E-state index contributed by atoms with van der Waals surface area (Å²) < 4.78 is 17.6. The molecular formula is C9H10FO. The molecule has 0 aliphatic rings. The monoisotopic (exact) mass is 153 g/mol. The van der Waals surface area contributed by atoms with Gasteiger partial charge in [-0.2, -0.15) is 0 Å². The Morgan fingerprint density at radius 3 is 2.73 bits per heavy atom. The normalized spacial score (nSPS) is 9.73. The van der Waals surface area contributed by atoms with Gasteiger partial charge in [-0.05, 0) is 31.0 Å². The Balaban J connectivity index is 2.99. The van der Waals surface area contributed by atoms with Crippen molar-refractivity contribution in [2.45, 2.75) is 6.42 Å². The summed E-state index contributed by atoms with van der Waals surface area (Å²) in [4.78, 5) is 0. The molecule has 0 saturated carbocycles. The molecule has 0 spiro atoms. The Labute approximate surface area is 65.8 Å². The molecule has 0 amide bonds. The van der Waals surface area contributed by atoms with E-state index in [0.717, 1.165) is 5.56 Å². The first-order chi connectivity index (χ1) is 5.27. The van der Waals surface area contributed by atoms with Gasteiger partial charge in [0.25, 0.3) is 0 Å². The van der Waals surface area contributed by atoms with E-state index in [-0.39, 0.29) is 11.6 Å². The third-order valence-electron chi connectivity index (χ3n) is 1.50. The first-order valence-corrected chi connectivity index (χ1v) is 3.39. The van der Waals surface area contributed by atoms with Crippen molar-refractivity contribution in [3.8, 4) is 5.75 Å². The van der Waals surface area contributed by atoms with Gasteiger partial charge in [0.15, 0.2) is 11.6 Å². The van der Waals surface area contributed by atoms with Gasteiger partial charge in [0, 0.05) is 0 Å². The zero-order valence-electron chi connectivity index (χ0n) is 6.43. The minimum Gasteiger partial charge on any atom is -0.494 e. The van der Waals surface area contributed by atoms with Crippen molar-refractivity contribution in [2.75, 3.05) is 7.11 Å². The Morgan fingerprint density at radius 2 is 2.27 bits per heavy atom. The molecule has 59 valence electrons. The molecule has 0 atom stereocenters. The molecule has 1 radical (unpaired) electrons. The lowest BCUT2D eigenvalue weighted by molar-refractivity contribution is 0.386. The van der Waals surface area contributed by atoms with Gasteiger partial charge in [-0.1, -0.05) is 6.07 Å². The minimum atomic E-state index is -0.325. The van der Waals surface area contributed by atoms with Gasteiger partial charge in [0.1, 0.15) is 0 Å². The van der Waals surface area contributed by atoms with Gasteiger partial charge < -0.3 is 4.74 Å². The summed E-state index contributed by atoms with van der Waals surface area (Å²) in [6.45, 7) is 3.65. The van der Waals surface area contributed by atoms with Crippen LogP contribution in [0.5, 0.6) is 5.75 Å². The van der Waals surface area contributed by atoms with E-state index < -0.39 is 0 Å². The smallest absolute Gasteiger partial charge is 0.165 e. The highest BCUT2D eigenvalue weighted by molar-refractivity contribution is 5.29. The van der Waals surface area contributed by atoms with E-state index in [4.69, 9.17) is 4.74 Å². The highest BCUT2D eigenvalue weighted by Gasteiger charge is 2.00. The number of ether oxygens (including phenoxy) is 1. The number of rotatable bonds is 2. The molecule has 11 heavy (non-hydrogen) atoms. The van der Waals surface area contributed by atoms with Crippen molar-refractivity contribution in [3.05, 3.63) is 36.5 Å². The van der Waals surface area contributed by atoms with E-state index in [1.165, 1.54) is 13.2 Å². The molecule has 0 bridgehead atoms. The number of hydrogen-bond acceptors (Lipinski definition) is 1. The van der Waals surface area contributed by atoms with Crippen molar-refractivity contribution in [2.24, 2.45) is 0 Å². The lowest BCUT2D eigenvalue weighted by Gasteiger charge is -2.02. The molecule has 1 nitrogen and oxygen atoms in total. The van der Waals surface area contributed by atoms with Crippen LogP contribution >= 0.6 is 0 Å². The first-order valence-electron chi connectivity index (χ1n) is 3.39. The molecule has 0 saturated heterocycles. The van der Waals surface area contributed by atoms with E-state index >= 15 is 0 Å². The predicted molar refractivity (Wildman–Crippen MR) is 42.0 cm³/mol. The Kier molecular flexibility index (Phi) is 2.47. The van der Waals surface area contributed by atoms with Crippen molar-refractivity contribution in [1.82, 2.24) is 0 Å².